The lowest BCUT2D eigenvalue weighted by Crippen LogP contribution is -2.54. The minimum Gasteiger partial charge on any atom is -0.464 e. The van der Waals surface area contributed by atoms with Crippen molar-refractivity contribution in [1.82, 2.24) is 10.0 Å². The van der Waals surface area contributed by atoms with Gasteiger partial charge in [-0.2, -0.15) is 5.01 Å². The summed E-state index contributed by atoms with van der Waals surface area (Å²) in [5, 5.41) is 10.9. The van der Waals surface area contributed by atoms with Crippen LogP contribution in [0.15, 0.2) is 23.1 Å². The number of halogens is 2. The number of piperidine rings is 1. The maximum absolute atomic E-state index is 12.8. The third kappa shape index (κ3) is 3.32. The first-order valence-corrected chi connectivity index (χ1v) is 8.97. The number of amides is 1. The van der Waals surface area contributed by atoms with E-state index in [0.717, 1.165) is 17.9 Å². The van der Waals surface area contributed by atoms with Crippen molar-refractivity contribution >= 4 is 39.1 Å². The summed E-state index contributed by atoms with van der Waals surface area (Å²) in [6, 6.07) is 4.11. The quantitative estimate of drug-likeness (QED) is 0.888. The molecule has 2 rings (SSSR count). The van der Waals surface area contributed by atoms with Gasteiger partial charge in [-0.3, -0.25) is 0 Å². The number of hydrazine groups is 1. The molecule has 0 aliphatic carbocycles. The number of nitrogens with zero attached hydrogens (tertiary/aromatic N) is 2. The molecule has 1 aliphatic heterocycles. The summed E-state index contributed by atoms with van der Waals surface area (Å²) < 4.78 is 25.7. The van der Waals surface area contributed by atoms with E-state index in [0.29, 0.717) is 13.0 Å². The Morgan fingerprint density at radius 3 is 2.59 bits per heavy atom. The molecule has 1 heterocycles. The summed E-state index contributed by atoms with van der Waals surface area (Å²) in [6.07, 6.45) is 0.622. The molecule has 1 fully saturated rings. The van der Waals surface area contributed by atoms with Crippen molar-refractivity contribution in [3.05, 3.63) is 28.2 Å². The Morgan fingerprint density at radius 2 is 2.00 bits per heavy atom. The molecule has 1 aromatic rings. The Kier molecular flexibility index (Phi) is 5.21. The van der Waals surface area contributed by atoms with Gasteiger partial charge in [0.2, 0.25) is 0 Å². The van der Waals surface area contributed by atoms with E-state index < -0.39 is 21.3 Å². The summed E-state index contributed by atoms with van der Waals surface area (Å²) >= 11 is 11.7. The average Bonchev–Trinajstić information content (AvgIpc) is 2.49. The number of carboxylic acid groups (broad SMARTS) is 1. The molecule has 1 aliphatic rings. The fraction of sp³-hybridized carbons (Fsp3) is 0.462. The normalized spacial score (nSPS) is 19.9. The molecule has 1 unspecified atom stereocenters. The van der Waals surface area contributed by atoms with E-state index >= 15 is 0 Å². The van der Waals surface area contributed by atoms with E-state index in [4.69, 9.17) is 28.3 Å². The fourth-order valence-corrected chi connectivity index (χ4v) is 4.73. The second-order valence-electron chi connectivity index (χ2n) is 5.04. The van der Waals surface area contributed by atoms with Crippen LogP contribution in [0.3, 0.4) is 0 Å². The van der Waals surface area contributed by atoms with Gasteiger partial charge in [0.15, 0.2) is 9.84 Å². The van der Waals surface area contributed by atoms with Crippen LogP contribution < -0.4 is 0 Å². The molecule has 0 saturated carbocycles. The number of hydrogen-bond donors (Lipinski definition) is 1. The highest BCUT2D eigenvalue weighted by molar-refractivity contribution is 7.92. The van der Waals surface area contributed by atoms with E-state index in [-0.39, 0.29) is 14.9 Å². The van der Waals surface area contributed by atoms with Gasteiger partial charge in [-0.25, -0.2) is 18.2 Å². The second-order valence-corrected chi connectivity index (χ2v) is 7.96. The Hall–Kier alpha value is -1.02. The fourth-order valence-electron chi connectivity index (χ4n) is 2.47. The van der Waals surface area contributed by atoms with E-state index in [1.54, 1.807) is 0 Å². The van der Waals surface area contributed by atoms with E-state index in [1.807, 2.05) is 0 Å². The average molecular weight is 367 g/mol. The third-order valence-electron chi connectivity index (χ3n) is 3.66. The molecule has 1 atom stereocenters. The highest BCUT2D eigenvalue weighted by Crippen LogP contribution is 2.31. The van der Waals surface area contributed by atoms with Crippen LogP contribution in [0.5, 0.6) is 0 Å². The maximum atomic E-state index is 12.8. The van der Waals surface area contributed by atoms with Crippen molar-refractivity contribution < 1.29 is 18.3 Å². The van der Waals surface area contributed by atoms with Crippen LogP contribution in [-0.4, -0.2) is 48.6 Å². The molecular formula is C13H16Cl2N2O4S. The molecule has 0 aromatic heterocycles. The van der Waals surface area contributed by atoms with Crippen molar-refractivity contribution in [3.63, 3.8) is 0 Å². The number of sulfone groups is 1. The largest absolute Gasteiger partial charge is 0.464 e. The molecule has 9 heteroatoms. The van der Waals surface area contributed by atoms with Gasteiger partial charge >= 0.3 is 6.09 Å². The van der Waals surface area contributed by atoms with Gasteiger partial charge in [-0.05, 0) is 37.5 Å². The molecule has 1 amide bonds. The molecule has 0 bridgehead atoms. The predicted octanol–water partition coefficient (Wildman–Crippen LogP) is 3.10. The first-order valence-electron chi connectivity index (χ1n) is 6.67. The summed E-state index contributed by atoms with van der Waals surface area (Å²) in [7, 11) is -2.41. The summed E-state index contributed by atoms with van der Waals surface area (Å²) in [5.74, 6) is 0. The van der Waals surface area contributed by atoms with Gasteiger partial charge < -0.3 is 5.11 Å². The second kappa shape index (κ2) is 6.62. The van der Waals surface area contributed by atoms with Gasteiger partial charge in [0.1, 0.15) is 5.37 Å². The smallest absolute Gasteiger partial charge is 0.421 e. The first-order chi connectivity index (χ1) is 10.2. The minimum absolute atomic E-state index is 0.0394. The van der Waals surface area contributed by atoms with Crippen molar-refractivity contribution in [2.75, 3.05) is 13.6 Å². The Balaban J connectivity index is 2.40. The lowest BCUT2D eigenvalue weighted by molar-refractivity contribution is -0.0164. The lowest BCUT2D eigenvalue weighted by Gasteiger charge is -2.39. The Labute approximate surface area is 139 Å². The molecule has 1 saturated heterocycles. The zero-order valence-electron chi connectivity index (χ0n) is 11.9. The molecule has 6 nitrogen and oxygen atoms in total. The van der Waals surface area contributed by atoms with Crippen LogP contribution >= 0.6 is 23.2 Å². The van der Waals surface area contributed by atoms with Crippen molar-refractivity contribution in [3.8, 4) is 0 Å². The SMILES string of the molecule is CN(C(=O)O)N1CCCCC1S(=O)(=O)c1ccc(Cl)c(Cl)c1. The van der Waals surface area contributed by atoms with Crippen LogP contribution in [-0.2, 0) is 9.84 Å². The highest BCUT2D eigenvalue weighted by Gasteiger charge is 2.38. The topological polar surface area (TPSA) is 77.9 Å². The Morgan fingerprint density at radius 1 is 1.32 bits per heavy atom. The van der Waals surface area contributed by atoms with Crippen molar-refractivity contribution in [2.24, 2.45) is 0 Å². The summed E-state index contributed by atoms with van der Waals surface area (Å²) in [5.41, 5.74) is 0. The van der Waals surface area contributed by atoms with Crippen LogP contribution in [0.4, 0.5) is 4.79 Å². The first kappa shape index (κ1) is 17.3. The maximum Gasteiger partial charge on any atom is 0.421 e. The van der Waals surface area contributed by atoms with Crippen molar-refractivity contribution in [1.29, 1.82) is 0 Å². The molecule has 0 spiro atoms. The van der Waals surface area contributed by atoms with Crippen LogP contribution in [0.25, 0.3) is 0 Å². The van der Waals surface area contributed by atoms with Gasteiger partial charge in [-0.15, -0.1) is 0 Å². The van der Waals surface area contributed by atoms with Gasteiger partial charge in [-0.1, -0.05) is 23.2 Å². The molecule has 1 N–H and O–H groups in total. The zero-order chi connectivity index (χ0) is 16.5. The lowest BCUT2D eigenvalue weighted by atomic mass is 10.1. The standard InChI is InChI=1S/C13H16Cl2N2O4S/c1-16(13(18)19)17-7-3-2-4-12(17)22(20,21)9-5-6-10(14)11(15)8-9/h5-6,8,12H,2-4,7H2,1H3,(H,18,19). The Bertz CT molecular complexity index is 681. The third-order valence-corrected chi connectivity index (χ3v) is 6.51. The van der Waals surface area contributed by atoms with E-state index in [2.05, 4.69) is 0 Å². The number of carbonyl (C=O) groups is 1. The van der Waals surface area contributed by atoms with Gasteiger partial charge in [0.25, 0.3) is 0 Å². The monoisotopic (exact) mass is 366 g/mol. The van der Waals surface area contributed by atoms with Crippen LogP contribution in [0.1, 0.15) is 19.3 Å². The van der Waals surface area contributed by atoms with E-state index in [1.165, 1.54) is 30.3 Å². The molecule has 22 heavy (non-hydrogen) atoms. The summed E-state index contributed by atoms with van der Waals surface area (Å²) in [6.45, 7) is 0.369. The van der Waals surface area contributed by atoms with Crippen LogP contribution in [0, 0.1) is 0 Å². The number of rotatable bonds is 3. The van der Waals surface area contributed by atoms with Gasteiger partial charge in [0, 0.05) is 13.6 Å². The highest BCUT2D eigenvalue weighted by atomic mass is 35.5. The summed E-state index contributed by atoms with van der Waals surface area (Å²) in [4.78, 5) is 11.2. The molecule has 0 radical (unpaired) electrons. The van der Waals surface area contributed by atoms with Crippen molar-refractivity contribution in [2.45, 2.75) is 29.5 Å². The molecule has 1 aromatic carbocycles. The molecular weight excluding hydrogens is 351 g/mol. The number of hydrogen-bond acceptors (Lipinski definition) is 4. The zero-order valence-corrected chi connectivity index (χ0v) is 14.2. The van der Waals surface area contributed by atoms with E-state index in [9.17, 15) is 13.2 Å². The number of benzene rings is 1. The minimum atomic E-state index is -3.75. The predicted molar refractivity (Wildman–Crippen MR) is 83.8 cm³/mol. The molecule has 122 valence electrons. The van der Waals surface area contributed by atoms with Gasteiger partial charge in [0.05, 0.1) is 14.9 Å². The van der Waals surface area contributed by atoms with Crippen LogP contribution in [0.2, 0.25) is 10.0 Å².